The molecule has 1 heterocycles. The Hall–Kier alpha value is -1.77. The zero-order chi connectivity index (χ0) is 12.3. The molecular weight excluding hydrogens is 210 g/mol. The van der Waals surface area contributed by atoms with Gasteiger partial charge in [0, 0.05) is 17.9 Å². The van der Waals surface area contributed by atoms with Crippen molar-refractivity contribution in [2.45, 2.75) is 33.4 Å². The maximum absolute atomic E-state index is 4.51. The minimum atomic E-state index is 0.419. The van der Waals surface area contributed by atoms with Crippen LogP contribution in [0.5, 0.6) is 0 Å². The van der Waals surface area contributed by atoms with Gasteiger partial charge in [-0.15, -0.1) is 0 Å². The van der Waals surface area contributed by atoms with Gasteiger partial charge in [0.25, 0.3) is 0 Å². The van der Waals surface area contributed by atoms with Crippen LogP contribution in [0.15, 0.2) is 36.5 Å². The average molecular weight is 229 g/mol. The molecule has 0 aliphatic heterocycles. The lowest BCUT2D eigenvalue weighted by molar-refractivity contribution is 0.527. The van der Waals surface area contributed by atoms with Gasteiger partial charge in [0.15, 0.2) is 0 Å². The van der Waals surface area contributed by atoms with Gasteiger partial charge in [0.2, 0.25) is 0 Å². The molecule has 17 heavy (non-hydrogen) atoms. The first-order chi connectivity index (χ1) is 8.16. The number of anilines is 1. The molecule has 1 aromatic carbocycles. The van der Waals surface area contributed by atoms with Crippen LogP contribution < -0.4 is 5.32 Å². The molecule has 0 saturated carbocycles. The van der Waals surface area contributed by atoms with Gasteiger partial charge in [0.1, 0.15) is 0 Å². The monoisotopic (exact) mass is 229 g/mol. The number of nitrogens with zero attached hydrogens (tertiary/aromatic N) is 2. The largest absolute Gasteiger partial charge is 0.379 e. The highest BCUT2D eigenvalue weighted by Gasteiger charge is 2.02. The molecular formula is C14H19N3. The Balaban J connectivity index is 2.00. The predicted molar refractivity (Wildman–Crippen MR) is 71.1 cm³/mol. The van der Waals surface area contributed by atoms with E-state index in [-0.39, 0.29) is 0 Å². The van der Waals surface area contributed by atoms with Gasteiger partial charge in [0.05, 0.1) is 12.2 Å². The number of hydrogen-bond donors (Lipinski definition) is 1. The van der Waals surface area contributed by atoms with Crippen LogP contribution in [0.25, 0.3) is 0 Å². The van der Waals surface area contributed by atoms with Crippen molar-refractivity contribution in [1.82, 2.24) is 9.78 Å². The van der Waals surface area contributed by atoms with Crippen molar-refractivity contribution in [1.29, 1.82) is 0 Å². The standard InChI is InChI=1S/C14H19N3/c1-11(2)17-9-8-13(16-17)10-15-14-7-5-4-6-12(14)3/h4-9,11,15H,10H2,1-3H3. The van der Waals surface area contributed by atoms with Gasteiger partial charge in [-0.25, -0.2) is 0 Å². The Kier molecular flexibility index (Phi) is 3.47. The number of aromatic nitrogens is 2. The fourth-order valence-electron chi connectivity index (χ4n) is 1.72. The zero-order valence-corrected chi connectivity index (χ0v) is 10.6. The van der Waals surface area contributed by atoms with Gasteiger partial charge in [-0.1, -0.05) is 18.2 Å². The highest BCUT2D eigenvalue weighted by molar-refractivity contribution is 5.50. The van der Waals surface area contributed by atoms with Crippen molar-refractivity contribution in [3.8, 4) is 0 Å². The lowest BCUT2D eigenvalue weighted by atomic mass is 10.2. The molecule has 0 spiro atoms. The summed E-state index contributed by atoms with van der Waals surface area (Å²) in [5.41, 5.74) is 3.50. The summed E-state index contributed by atoms with van der Waals surface area (Å²) in [6, 6.07) is 10.8. The maximum atomic E-state index is 4.51. The Morgan fingerprint density at radius 3 is 2.65 bits per heavy atom. The smallest absolute Gasteiger partial charge is 0.0815 e. The van der Waals surface area contributed by atoms with Crippen molar-refractivity contribution in [3.63, 3.8) is 0 Å². The lowest BCUT2D eigenvalue weighted by Crippen LogP contribution is -2.05. The van der Waals surface area contributed by atoms with Crippen LogP contribution in [0.4, 0.5) is 5.69 Å². The second-order valence-electron chi connectivity index (χ2n) is 4.55. The van der Waals surface area contributed by atoms with Gasteiger partial charge < -0.3 is 5.32 Å². The van der Waals surface area contributed by atoms with Crippen molar-refractivity contribution in [2.75, 3.05) is 5.32 Å². The van der Waals surface area contributed by atoms with Crippen LogP contribution in [0.1, 0.15) is 31.1 Å². The number of aryl methyl sites for hydroxylation is 1. The molecule has 3 heteroatoms. The van der Waals surface area contributed by atoms with E-state index in [1.165, 1.54) is 11.3 Å². The Morgan fingerprint density at radius 2 is 2.00 bits per heavy atom. The van der Waals surface area contributed by atoms with E-state index >= 15 is 0 Å². The molecule has 0 atom stereocenters. The summed E-state index contributed by atoms with van der Waals surface area (Å²) in [6.45, 7) is 7.14. The van der Waals surface area contributed by atoms with E-state index in [0.717, 1.165) is 12.2 Å². The van der Waals surface area contributed by atoms with Crippen LogP contribution in [-0.4, -0.2) is 9.78 Å². The SMILES string of the molecule is Cc1ccccc1NCc1ccn(C(C)C)n1. The van der Waals surface area contributed by atoms with Crippen molar-refractivity contribution in [2.24, 2.45) is 0 Å². The Morgan fingerprint density at radius 1 is 1.24 bits per heavy atom. The number of hydrogen-bond acceptors (Lipinski definition) is 2. The summed E-state index contributed by atoms with van der Waals surface area (Å²) >= 11 is 0. The Labute approximate surface area is 102 Å². The van der Waals surface area contributed by atoms with Crippen LogP contribution in [0, 0.1) is 6.92 Å². The predicted octanol–water partition coefficient (Wildman–Crippen LogP) is 3.38. The first kappa shape index (κ1) is 11.7. The molecule has 2 aromatic rings. The third kappa shape index (κ3) is 2.87. The van der Waals surface area contributed by atoms with Crippen molar-refractivity contribution in [3.05, 3.63) is 47.8 Å². The third-order valence-electron chi connectivity index (χ3n) is 2.80. The number of benzene rings is 1. The molecule has 1 aromatic heterocycles. The third-order valence-corrected chi connectivity index (χ3v) is 2.80. The number of para-hydroxylation sites is 1. The molecule has 0 aliphatic rings. The van der Waals surface area contributed by atoms with E-state index in [1.807, 2.05) is 23.0 Å². The maximum Gasteiger partial charge on any atom is 0.0815 e. The zero-order valence-electron chi connectivity index (χ0n) is 10.6. The molecule has 0 radical (unpaired) electrons. The molecule has 0 amide bonds. The van der Waals surface area contributed by atoms with Crippen molar-refractivity contribution >= 4 is 5.69 Å². The molecule has 0 unspecified atom stereocenters. The minimum absolute atomic E-state index is 0.419. The first-order valence-corrected chi connectivity index (χ1v) is 6.00. The van der Waals surface area contributed by atoms with Crippen molar-refractivity contribution < 1.29 is 0 Å². The molecule has 1 N–H and O–H groups in total. The highest BCUT2D eigenvalue weighted by atomic mass is 15.3. The second kappa shape index (κ2) is 5.04. The van der Waals surface area contributed by atoms with E-state index < -0.39 is 0 Å². The van der Waals surface area contributed by atoms with E-state index in [0.29, 0.717) is 6.04 Å². The first-order valence-electron chi connectivity index (χ1n) is 6.00. The minimum Gasteiger partial charge on any atom is -0.379 e. The molecule has 3 nitrogen and oxygen atoms in total. The van der Waals surface area contributed by atoms with Crippen LogP contribution in [0.2, 0.25) is 0 Å². The highest BCUT2D eigenvalue weighted by Crippen LogP contribution is 2.14. The molecule has 2 rings (SSSR count). The fraction of sp³-hybridized carbons (Fsp3) is 0.357. The molecule has 0 aliphatic carbocycles. The second-order valence-corrected chi connectivity index (χ2v) is 4.55. The molecule has 0 saturated heterocycles. The molecule has 0 fully saturated rings. The number of nitrogens with one attached hydrogen (secondary N) is 1. The van der Waals surface area contributed by atoms with E-state index in [9.17, 15) is 0 Å². The van der Waals surface area contributed by atoms with Crippen LogP contribution in [-0.2, 0) is 6.54 Å². The topological polar surface area (TPSA) is 29.9 Å². The van der Waals surface area contributed by atoms with Crippen LogP contribution in [0.3, 0.4) is 0 Å². The summed E-state index contributed by atoms with van der Waals surface area (Å²) in [5.74, 6) is 0. The van der Waals surface area contributed by atoms with Crippen LogP contribution >= 0.6 is 0 Å². The van der Waals surface area contributed by atoms with Gasteiger partial charge in [-0.2, -0.15) is 5.10 Å². The fourth-order valence-corrected chi connectivity index (χ4v) is 1.72. The summed E-state index contributed by atoms with van der Waals surface area (Å²) in [6.07, 6.45) is 2.03. The summed E-state index contributed by atoms with van der Waals surface area (Å²) in [4.78, 5) is 0. The normalized spacial score (nSPS) is 10.8. The molecule has 90 valence electrons. The Bertz CT molecular complexity index is 486. The average Bonchev–Trinajstić information content (AvgIpc) is 2.77. The summed E-state index contributed by atoms with van der Waals surface area (Å²) < 4.78 is 1.98. The van der Waals surface area contributed by atoms with Gasteiger partial charge in [-0.05, 0) is 38.5 Å². The van der Waals surface area contributed by atoms with E-state index in [4.69, 9.17) is 0 Å². The van der Waals surface area contributed by atoms with Gasteiger partial charge >= 0.3 is 0 Å². The molecule has 0 bridgehead atoms. The van der Waals surface area contributed by atoms with Gasteiger partial charge in [-0.3, -0.25) is 4.68 Å². The quantitative estimate of drug-likeness (QED) is 0.871. The summed E-state index contributed by atoms with van der Waals surface area (Å²) in [7, 11) is 0. The summed E-state index contributed by atoms with van der Waals surface area (Å²) in [5, 5.41) is 7.91. The lowest BCUT2D eigenvalue weighted by Gasteiger charge is -2.08. The van der Waals surface area contributed by atoms with E-state index in [1.54, 1.807) is 0 Å². The van der Waals surface area contributed by atoms with E-state index in [2.05, 4.69) is 49.4 Å². The number of rotatable bonds is 4.